The number of benzene rings is 2. The Morgan fingerprint density at radius 1 is 1.15 bits per heavy atom. The maximum absolute atomic E-state index is 13.4. The van der Waals surface area contributed by atoms with E-state index >= 15 is 0 Å². The third-order valence-corrected chi connectivity index (χ3v) is 3.89. The largest absolute Gasteiger partial charge is 0.497 e. The molecular formula is C16H18FNOS. The van der Waals surface area contributed by atoms with Crippen LogP contribution >= 0.6 is 11.8 Å². The highest BCUT2D eigenvalue weighted by Crippen LogP contribution is 2.33. The van der Waals surface area contributed by atoms with Gasteiger partial charge in [-0.15, -0.1) is 0 Å². The van der Waals surface area contributed by atoms with Crippen LogP contribution in [-0.4, -0.2) is 26.1 Å². The molecule has 20 heavy (non-hydrogen) atoms. The van der Waals surface area contributed by atoms with Gasteiger partial charge in [0.15, 0.2) is 0 Å². The molecule has 106 valence electrons. The third-order valence-electron chi connectivity index (χ3n) is 2.78. The molecular weight excluding hydrogens is 273 g/mol. The molecule has 0 N–H and O–H groups in total. The molecule has 4 heteroatoms. The van der Waals surface area contributed by atoms with Crippen LogP contribution in [0.1, 0.15) is 5.56 Å². The number of halogens is 1. The van der Waals surface area contributed by atoms with Gasteiger partial charge >= 0.3 is 0 Å². The van der Waals surface area contributed by atoms with Gasteiger partial charge in [-0.05, 0) is 56.1 Å². The second kappa shape index (κ2) is 6.77. The molecule has 2 aromatic carbocycles. The van der Waals surface area contributed by atoms with Crippen LogP contribution in [0.15, 0.2) is 52.3 Å². The quantitative estimate of drug-likeness (QED) is 0.824. The third kappa shape index (κ3) is 3.99. The van der Waals surface area contributed by atoms with E-state index in [1.54, 1.807) is 24.9 Å². The molecule has 2 rings (SSSR count). The van der Waals surface area contributed by atoms with Gasteiger partial charge in [-0.3, -0.25) is 0 Å². The highest BCUT2D eigenvalue weighted by Gasteiger charge is 2.08. The molecule has 0 bridgehead atoms. The van der Waals surface area contributed by atoms with Gasteiger partial charge in [0.2, 0.25) is 0 Å². The van der Waals surface area contributed by atoms with E-state index in [9.17, 15) is 4.39 Å². The highest BCUT2D eigenvalue weighted by atomic mass is 32.2. The Labute approximate surface area is 123 Å². The lowest BCUT2D eigenvalue weighted by molar-refractivity contribution is 0.398. The standard InChI is InChI=1S/C16H18FNOS/c1-18(2)11-12-9-13(17)7-8-16(12)20-15-6-4-5-14(10-15)19-3/h4-10H,11H2,1-3H3. The van der Waals surface area contributed by atoms with Crippen molar-refractivity contribution >= 4 is 11.8 Å². The van der Waals surface area contributed by atoms with Gasteiger partial charge in [0.1, 0.15) is 11.6 Å². The first-order valence-corrected chi connectivity index (χ1v) is 7.15. The zero-order chi connectivity index (χ0) is 14.5. The minimum Gasteiger partial charge on any atom is -0.497 e. The molecule has 2 aromatic rings. The monoisotopic (exact) mass is 291 g/mol. The molecule has 0 atom stereocenters. The van der Waals surface area contributed by atoms with Crippen molar-refractivity contribution in [3.05, 3.63) is 53.8 Å². The first-order valence-electron chi connectivity index (χ1n) is 6.33. The number of hydrogen-bond donors (Lipinski definition) is 0. The van der Waals surface area contributed by atoms with Crippen LogP contribution in [-0.2, 0) is 6.54 Å². The molecule has 0 aliphatic carbocycles. The topological polar surface area (TPSA) is 12.5 Å². The van der Waals surface area contributed by atoms with E-state index in [1.807, 2.05) is 49.3 Å². The van der Waals surface area contributed by atoms with Gasteiger partial charge < -0.3 is 9.64 Å². The lowest BCUT2D eigenvalue weighted by atomic mass is 10.2. The van der Waals surface area contributed by atoms with Crippen LogP contribution < -0.4 is 4.74 Å². The number of ether oxygens (including phenoxy) is 1. The Morgan fingerprint density at radius 2 is 1.95 bits per heavy atom. The first-order chi connectivity index (χ1) is 9.58. The van der Waals surface area contributed by atoms with E-state index < -0.39 is 0 Å². The fourth-order valence-electron chi connectivity index (χ4n) is 1.90. The Morgan fingerprint density at radius 3 is 2.65 bits per heavy atom. The lowest BCUT2D eigenvalue weighted by Crippen LogP contribution is -2.11. The fourth-order valence-corrected chi connectivity index (χ4v) is 2.87. The maximum Gasteiger partial charge on any atom is 0.123 e. The van der Waals surface area contributed by atoms with Gasteiger partial charge in [0.05, 0.1) is 7.11 Å². The van der Waals surface area contributed by atoms with Crippen LogP contribution in [0.25, 0.3) is 0 Å². The lowest BCUT2D eigenvalue weighted by Gasteiger charge is -2.14. The van der Waals surface area contributed by atoms with Crippen molar-refractivity contribution in [2.45, 2.75) is 16.3 Å². The summed E-state index contributed by atoms with van der Waals surface area (Å²) < 4.78 is 18.6. The van der Waals surface area contributed by atoms with Crippen LogP contribution in [0.4, 0.5) is 4.39 Å². The second-order valence-electron chi connectivity index (χ2n) is 4.77. The Kier molecular flexibility index (Phi) is 5.04. The van der Waals surface area contributed by atoms with E-state index in [2.05, 4.69) is 0 Å². The summed E-state index contributed by atoms with van der Waals surface area (Å²) in [6.07, 6.45) is 0. The molecule has 0 amide bonds. The predicted octanol–water partition coefficient (Wildman–Crippen LogP) is 4.05. The van der Waals surface area contributed by atoms with E-state index in [4.69, 9.17) is 4.74 Å². The summed E-state index contributed by atoms with van der Waals surface area (Å²) in [6, 6.07) is 12.8. The second-order valence-corrected chi connectivity index (χ2v) is 5.89. The number of rotatable bonds is 5. The number of nitrogens with zero attached hydrogens (tertiary/aromatic N) is 1. The van der Waals surface area contributed by atoms with Crippen LogP contribution in [0.2, 0.25) is 0 Å². The average molecular weight is 291 g/mol. The Balaban J connectivity index is 2.27. The molecule has 0 saturated carbocycles. The van der Waals surface area contributed by atoms with Crippen molar-refractivity contribution in [2.24, 2.45) is 0 Å². The summed E-state index contributed by atoms with van der Waals surface area (Å²) in [7, 11) is 5.61. The SMILES string of the molecule is COc1cccc(Sc2ccc(F)cc2CN(C)C)c1. The molecule has 0 saturated heterocycles. The van der Waals surface area contributed by atoms with Crippen LogP contribution in [0.5, 0.6) is 5.75 Å². The minimum absolute atomic E-state index is 0.197. The van der Waals surface area contributed by atoms with Gasteiger partial charge in [-0.1, -0.05) is 17.8 Å². The Hall–Kier alpha value is -1.52. The highest BCUT2D eigenvalue weighted by molar-refractivity contribution is 7.99. The molecule has 0 fully saturated rings. The summed E-state index contributed by atoms with van der Waals surface area (Å²) in [6.45, 7) is 0.712. The van der Waals surface area contributed by atoms with Crippen molar-refractivity contribution in [1.82, 2.24) is 4.90 Å². The van der Waals surface area contributed by atoms with Crippen molar-refractivity contribution in [3.8, 4) is 5.75 Å². The van der Waals surface area contributed by atoms with E-state index in [0.717, 1.165) is 21.1 Å². The molecule has 2 nitrogen and oxygen atoms in total. The smallest absolute Gasteiger partial charge is 0.123 e. The van der Waals surface area contributed by atoms with Crippen molar-refractivity contribution in [2.75, 3.05) is 21.2 Å². The van der Waals surface area contributed by atoms with Gasteiger partial charge in [0.25, 0.3) is 0 Å². The van der Waals surface area contributed by atoms with Crippen LogP contribution in [0.3, 0.4) is 0 Å². The molecule has 0 spiro atoms. The number of methoxy groups -OCH3 is 1. The molecule has 0 aliphatic rings. The van der Waals surface area contributed by atoms with Crippen LogP contribution in [0, 0.1) is 5.82 Å². The summed E-state index contributed by atoms with van der Waals surface area (Å²) in [5.74, 6) is 0.628. The Bertz CT molecular complexity index is 586. The van der Waals surface area contributed by atoms with E-state index in [1.165, 1.54) is 6.07 Å². The van der Waals surface area contributed by atoms with E-state index in [0.29, 0.717) is 6.54 Å². The van der Waals surface area contributed by atoms with Crippen molar-refractivity contribution in [1.29, 1.82) is 0 Å². The zero-order valence-corrected chi connectivity index (χ0v) is 12.7. The number of hydrogen-bond acceptors (Lipinski definition) is 3. The summed E-state index contributed by atoms with van der Waals surface area (Å²) >= 11 is 1.62. The predicted molar refractivity (Wildman–Crippen MR) is 80.9 cm³/mol. The van der Waals surface area contributed by atoms with E-state index in [-0.39, 0.29) is 5.82 Å². The van der Waals surface area contributed by atoms with Gasteiger partial charge in [0, 0.05) is 16.3 Å². The van der Waals surface area contributed by atoms with Crippen molar-refractivity contribution < 1.29 is 9.13 Å². The zero-order valence-electron chi connectivity index (χ0n) is 11.9. The molecule has 0 aromatic heterocycles. The average Bonchev–Trinajstić information content (AvgIpc) is 2.41. The minimum atomic E-state index is -0.197. The van der Waals surface area contributed by atoms with Crippen molar-refractivity contribution in [3.63, 3.8) is 0 Å². The first kappa shape index (κ1) is 14.9. The summed E-state index contributed by atoms with van der Waals surface area (Å²) in [5, 5.41) is 0. The summed E-state index contributed by atoms with van der Waals surface area (Å²) in [5.41, 5.74) is 0.989. The normalized spacial score (nSPS) is 10.8. The molecule has 0 unspecified atom stereocenters. The molecule has 0 heterocycles. The van der Waals surface area contributed by atoms with Gasteiger partial charge in [-0.2, -0.15) is 0 Å². The van der Waals surface area contributed by atoms with Gasteiger partial charge in [-0.25, -0.2) is 4.39 Å². The maximum atomic E-state index is 13.4. The summed E-state index contributed by atoms with van der Waals surface area (Å²) in [4.78, 5) is 4.18. The fraction of sp³-hybridized carbons (Fsp3) is 0.250. The molecule has 0 aliphatic heterocycles. The molecule has 0 radical (unpaired) electrons.